The van der Waals surface area contributed by atoms with Gasteiger partial charge >= 0.3 is 0 Å². The third-order valence-corrected chi connectivity index (χ3v) is 5.28. The minimum absolute atomic E-state index is 0.0836. The van der Waals surface area contributed by atoms with Gasteiger partial charge in [-0.3, -0.25) is 4.68 Å². The van der Waals surface area contributed by atoms with Gasteiger partial charge in [-0.15, -0.1) is 0 Å². The van der Waals surface area contributed by atoms with Crippen LogP contribution in [0.1, 0.15) is 11.3 Å². The predicted molar refractivity (Wildman–Crippen MR) is 117 cm³/mol. The second-order valence-corrected chi connectivity index (χ2v) is 7.45. The number of para-hydroxylation sites is 1. The third-order valence-electron chi connectivity index (χ3n) is 5.28. The molecule has 0 amide bonds. The maximum Gasteiger partial charge on any atom is 0.255 e. The molecular weight excluding hydrogens is 433 g/mol. The summed E-state index contributed by atoms with van der Waals surface area (Å²) in [5, 5.41) is 9.16. The standard InChI is InChI=1S/C22H17F3N8/c1-32-10-11(9-28-32)18-20(26)29-22(30-21(18)27)33-17-5-3-2-4-12(17)16(31-33)8-13-14(23)6-7-15(24)19(13)25/h2-7,9-10H,8H2,1H3,(H4,26,27,29,30). The van der Waals surface area contributed by atoms with E-state index in [1.165, 1.54) is 4.68 Å². The summed E-state index contributed by atoms with van der Waals surface area (Å²) in [7, 11) is 1.76. The number of nitrogen functional groups attached to an aromatic ring is 2. The number of aromatic nitrogens is 6. The van der Waals surface area contributed by atoms with Crippen molar-refractivity contribution in [1.82, 2.24) is 29.5 Å². The molecule has 0 saturated carbocycles. The molecular formula is C22H17F3N8. The smallest absolute Gasteiger partial charge is 0.255 e. The van der Waals surface area contributed by atoms with Crippen LogP contribution in [0.4, 0.5) is 24.8 Å². The van der Waals surface area contributed by atoms with Crippen LogP contribution in [-0.4, -0.2) is 29.5 Å². The van der Waals surface area contributed by atoms with Crippen molar-refractivity contribution >= 4 is 22.5 Å². The first-order valence-corrected chi connectivity index (χ1v) is 9.85. The van der Waals surface area contributed by atoms with E-state index >= 15 is 0 Å². The highest BCUT2D eigenvalue weighted by Gasteiger charge is 2.21. The van der Waals surface area contributed by atoms with Crippen molar-refractivity contribution in [2.75, 3.05) is 11.5 Å². The number of nitrogens with zero attached hydrogens (tertiary/aromatic N) is 6. The van der Waals surface area contributed by atoms with Crippen LogP contribution in [0.2, 0.25) is 0 Å². The van der Waals surface area contributed by atoms with Crippen molar-refractivity contribution in [3.63, 3.8) is 0 Å². The van der Waals surface area contributed by atoms with Crippen molar-refractivity contribution in [3.05, 3.63) is 77.5 Å². The fraction of sp³-hybridized carbons (Fsp3) is 0.0909. The van der Waals surface area contributed by atoms with Crippen LogP contribution in [0.15, 0.2) is 48.8 Å². The molecule has 33 heavy (non-hydrogen) atoms. The van der Waals surface area contributed by atoms with Gasteiger partial charge in [0.15, 0.2) is 11.6 Å². The molecule has 0 spiro atoms. The Balaban J connectivity index is 1.64. The number of nitrogens with two attached hydrogens (primary N) is 2. The molecule has 166 valence electrons. The lowest BCUT2D eigenvalue weighted by molar-refractivity contribution is 0.482. The number of benzene rings is 2. The monoisotopic (exact) mass is 450 g/mol. The molecule has 0 saturated heterocycles. The van der Waals surface area contributed by atoms with Crippen molar-refractivity contribution in [1.29, 1.82) is 0 Å². The number of hydrogen-bond acceptors (Lipinski definition) is 6. The summed E-state index contributed by atoms with van der Waals surface area (Å²) >= 11 is 0. The highest BCUT2D eigenvalue weighted by atomic mass is 19.2. The molecule has 3 heterocycles. The van der Waals surface area contributed by atoms with Gasteiger partial charge in [0.1, 0.15) is 17.5 Å². The summed E-state index contributed by atoms with van der Waals surface area (Å²) in [6.07, 6.45) is 3.05. The van der Waals surface area contributed by atoms with Crippen LogP contribution >= 0.6 is 0 Å². The van der Waals surface area contributed by atoms with E-state index in [0.717, 1.165) is 12.1 Å². The maximum atomic E-state index is 14.3. The molecule has 0 fully saturated rings. The lowest BCUT2D eigenvalue weighted by Gasteiger charge is -2.09. The van der Waals surface area contributed by atoms with Gasteiger partial charge in [-0.05, 0) is 18.2 Å². The molecule has 0 radical (unpaired) electrons. The average Bonchev–Trinajstić information content (AvgIpc) is 3.37. The van der Waals surface area contributed by atoms with Gasteiger partial charge in [-0.1, -0.05) is 18.2 Å². The topological polar surface area (TPSA) is 113 Å². The average molecular weight is 450 g/mol. The zero-order valence-electron chi connectivity index (χ0n) is 17.3. The third kappa shape index (κ3) is 3.43. The van der Waals surface area contributed by atoms with Gasteiger partial charge in [-0.2, -0.15) is 24.8 Å². The minimum atomic E-state index is -1.25. The van der Waals surface area contributed by atoms with E-state index in [4.69, 9.17) is 11.5 Å². The zero-order valence-corrected chi connectivity index (χ0v) is 17.3. The fourth-order valence-corrected chi connectivity index (χ4v) is 3.74. The molecule has 4 N–H and O–H groups in total. The fourth-order valence-electron chi connectivity index (χ4n) is 3.74. The zero-order chi connectivity index (χ0) is 23.3. The SMILES string of the molecule is Cn1cc(-c2c(N)nc(-n3nc(Cc4c(F)ccc(F)c4F)c4ccccc43)nc2N)cn1. The van der Waals surface area contributed by atoms with E-state index in [-0.39, 0.29) is 24.0 Å². The first-order valence-electron chi connectivity index (χ1n) is 9.85. The summed E-state index contributed by atoms with van der Waals surface area (Å²) in [5.41, 5.74) is 13.9. The molecule has 5 rings (SSSR count). The Morgan fingerprint density at radius 2 is 1.64 bits per heavy atom. The Bertz CT molecular complexity index is 1500. The van der Waals surface area contributed by atoms with Gasteiger partial charge in [-0.25, -0.2) is 13.2 Å². The van der Waals surface area contributed by atoms with Crippen LogP contribution in [0.5, 0.6) is 0 Å². The van der Waals surface area contributed by atoms with Crippen molar-refractivity contribution in [2.45, 2.75) is 6.42 Å². The quantitative estimate of drug-likeness (QED) is 0.406. The predicted octanol–water partition coefficient (Wildman–Crippen LogP) is 3.39. The van der Waals surface area contributed by atoms with E-state index in [1.807, 2.05) is 0 Å². The van der Waals surface area contributed by atoms with Crippen LogP contribution in [0.3, 0.4) is 0 Å². The number of halogens is 3. The van der Waals surface area contributed by atoms with E-state index in [2.05, 4.69) is 20.2 Å². The normalized spacial score (nSPS) is 11.4. The molecule has 5 aromatic rings. The minimum Gasteiger partial charge on any atom is -0.383 e. The molecule has 2 aromatic carbocycles. The molecule has 0 unspecified atom stereocenters. The molecule has 0 bridgehead atoms. The molecule has 0 atom stereocenters. The highest BCUT2D eigenvalue weighted by molar-refractivity contribution is 5.85. The second kappa shape index (κ2) is 7.62. The number of aryl methyl sites for hydroxylation is 1. The van der Waals surface area contributed by atoms with E-state index in [1.54, 1.807) is 48.4 Å². The van der Waals surface area contributed by atoms with Gasteiger partial charge in [0.25, 0.3) is 5.95 Å². The van der Waals surface area contributed by atoms with E-state index in [9.17, 15) is 13.2 Å². The van der Waals surface area contributed by atoms with Gasteiger partial charge in [0.05, 0.1) is 23.0 Å². The van der Waals surface area contributed by atoms with Gasteiger partial charge < -0.3 is 11.5 Å². The molecule has 0 aliphatic rings. The van der Waals surface area contributed by atoms with Gasteiger partial charge in [0.2, 0.25) is 0 Å². The first kappa shape index (κ1) is 20.5. The Morgan fingerprint density at radius 3 is 2.33 bits per heavy atom. The first-order chi connectivity index (χ1) is 15.8. The highest BCUT2D eigenvalue weighted by Crippen LogP contribution is 2.31. The summed E-state index contributed by atoms with van der Waals surface area (Å²) in [4.78, 5) is 8.70. The van der Waals surface area contributed by atoms with Crippen LogP contribution < -0.4 is 11.5 Å². The molecule has 0 aliphatic carbocycles. The largest absolute Gasteiger partial charge is 0.383 e. The summed E-state index contributed by atoms with van der Waals surface area (Å²) in [6, 6.07) is 8.63. The molecule has 8 nitrogen and oxygen atoms in total. The molecule has 3 aromatic heterocycles. The summed E-state index contributed by atoms with van der Waals surface area (Å²) in [6.45, 7) is 0. The van der Waals surface area contributed by atoms with Crippen LogP contribution in [0.25, 0.3) is 28.0 Å². The van der Waals surface area contributed by atoms with E-state index in [0.29, 0.717) is 27.7 Å². The Labute approximate surface area is 185 Å². The Morgan fingerprint density at radius 1 is 0.939 bits per heavy atom. The number of anilines is 2. The Hall–Kier alpha value is -4.41. The lowest BCUT2D eigenvalue weighted by atomic mass is 10.1. The van der Waals surface area contributed by atoms with Gasteiger partial charge in [0, 0.05) is 36.2 Å². The van der Waals surface area contributed by atoms with Crippen molar-refractivity contribution < 1.29 is 13.2 Å². The second-order valence-electron chi connectivity index (χ2n) is 7.45. The lowest BCUT2D eigenvalue weighted by Crippen LogP contribution is -2.10. The number of hydrogen-bond donors (Lipinski definition) is 2. The van der Waals surface area contributed by atoms with Crippen LogP contribution in [-0.2, 0) is 13.5 Å². The number of fused-ring (bicyclic) bond motifs is 1. The van der Waals surface area contributed by atoms with Crippen molar-refractivity contribution in [3.8, 4) is 17.1 Å². The number of rotatable bonds is 4. The van der Waals surface area contributed by atoms with E-state index < -0.39 is 23.0 Å². The Kier molecular flexibility index (Phi) is 4.73. The molecule has 0 aliphatic heterocycles. The maximum absolute atomic E-state index is 14.3. The molecule has 11 heteroatoms. The summed E-state index contributed by atoms with van der Waals surface area (Å²) < 4.78 is 45.2. The van der Waals surface area contributed by atoms with Crippen LogP contribution in [0, 0.1) is 17.5 Å². The summed E-state index contributed by atoms with van der Waals surface area (Å²) in [5.74, 6) is -2.93. The van der Waals surface area contributed by atoms with Crippen molar-refractivity contribution in [2.24, 2.45) is 7.05 Å².